The van der Waals surface area contributed by atoms with Gasteiger partial charge < -0.3 is 0 Å². The Labute approximate surface area is 115 Å². The minimum atomic E-state index is -0.265. The van der Waals surface area contributed by atoms with Crippen molar-refractivity contribution in [1.29, 1.82) is 0 Å². The highest BCUT2D eigenvalue weighted by molar-refractivity contribution is 6.35. The second-order valence-electron chi connectivity index (χ2n) is 4.14. The zero-order valence-corrected chi connectivity index (χ0v) is 11.6. The molecule has 3 nitrogen and oxygen atoms in total. The van der Waals surface area contributed by atoms with Crippen molar-refractivity contribution in [3.8, 4) is 0 Å². The summed E-state index contributed by atoms with van der Waals surface area (Å²) in [7, 11) is 0. The van der Waals surface area contributed by atoms with Crippen molar-refractivity contribution in [2.24, 2.45) is 0 Å². The number of aryl methyl sites for hydroxylation is 2. The van der Waals surface area contributed by atoms with Crippen LogP contribution in [0.5, 0.6) is 0 Å². The molecule has 18 heavy (non-hydrogen) atoms. The quantitative estimate of drug-likeness (QED) is 0.848. The third kappa shape index (κ3) is 2.74. The van der Waals surface area contributed by atoms with Crippen LogP contribution in [0, 0.1) is 13.8 Å². The highest BCUT2D eigenvalue weighted by Crippen LogP contribution is 2.21. The van der Waals surface area contributed by atoms with E-state index in [-0.39, 0.29) is 5.69 Å². The fourth-order valence-corrected chi connectivity index (χ4v) is 2.26. The molecule has 0 fully saturated rings. The van der Waals surface area contributed by atoms with Crippen LogP contribution in [0.3, 0.4) is 0 Å². The Kier molecular flexibility index (Phi) is 3.73. The maximum Gasteiger partial charge on any atom is 0.348 e. The van der Waals surface area contributed by atoms with Gasteiger partial charge in [0.05, 0.1) is 6.54 Å². The SMILES string of the molecule is Cc1cc(C)n(Cc2ccc(Cl)cc2Cl)c(=O)n1. The second-order valence-corrected chi connectivity index (χ2v) is 4.99. The molecule has 2 aromatic rings. The fraction of sp³-hybridized carbons (Fsp3) is 0.231. The molecule has 0 saturated heterocycles. The van der Waals surface area contributed by atoms with Gasteiger partial charge in [0.15, 0.2) is 0 Å². The van der Waals surface area contributed by atoms with E-state index in [1.54, 1.807) is 23.6 Å². The first kappa shape index (κ1) is 13.1. The average molecular weight is 283 g/mol. The zero-order chi connectivity index (χ0) is 13.3. The molecule has 0 amide bonds. The van der Waals surface area contributed by atoms with Crippen LogP contribution in [-0.4, -0.2) is 9.55 Å². The van der Waals surface area contributed by atoms with Crippen molar-refractivity contribution < 1.29 is 0 Å². The number of benzene rings is 1. The summed E-state index contributed by atoms with van der Waals surface area (Å²) in [6.07, 6.45) is 0. The predicted octanol–water partition coefficient (Wildman–Crippen LogP) is 3.22. The van der Waals surface area contributed by atoms with Gasteiger partial charge in [-0.1, -0.05) is 29.3 Å². The first-order valence-electron chi connectivity index (χ1n) is 5.46. The van der Waals surface area contributed by atoms with Crippen molar-refractivity contribution in [3.63, 3.8) is 0 Å². The monoisotopic (exact) mass is 282 g/mol. The number of rotatable bonds is 2. The Balaban J connectivity index is 2.43. The molecular weight excluding hydrogens is 271 g/mol. The number of aromatic nitrogens is 2. The normalized spacial score (nSPS) is 10.7. The van der Waals surface area contributed by atoms with E-state index < -0.39 is 0 Å². The van der Waals surface area contributed by atoms with E-state index >= 15 is 0 Å². The van der Waals surface area contributed by atoms with Gasteiger partial charge in [0.2, 0.25) is 0 Å². The van der Waals surface area contributed by atoms with Gasteiger partial charge in [0.1, 0.15) is 0 Å². The number of halogens is 2. The van der Waals surface area contributed by atoms with Crippen LogP contribution < -0.4 is 5.69 Å². The Bertz CT molecular complexity index is 650. The molecule has 0 aliphatic heterocycles. The summed E-state index contributed by atoms with van der Waals surface area (Å²) in [4.78, 5) is 15.7. The summed E-state index contributed by atoms with van der Waals surface area (Å²) in [5.74, 6) is 0. The largest absolute Gasteiger partial charge is 0.348 e. The highest BCUT2D eigenvalue weighted by atomic mass is 35.5. The summed E-state index contributed by atoms with van der Waals surface area (Å²) in [5, 5.41) is 1.13. The molecule has 0 atom stereocenters. The van der Waals surface area contributed by atoms with Crippen molar-refractivity contribution in [2.75, 3.05) is 0 Å². The molecule has 2 rings (SSSR count). The lowest BCUT2D eigenvalue weighted by molar-refractivity contribution is 0.694. The minimum absolute atomic E-state index is 0.265. The average Bonchev–Trinajstić information content (AvgIpc) is 2.25. The summed E-state index contributed by atoms with van der Waals surface area (Å²) >= 11 is 11.9. The molecule has 0 bridgehead atoms. The zero-order valence-electron chi connectivity index (χ0n) is 10.1. The van der Waals surface area contributed by atoms with Gasteiger partial charge in [-0.25, -0.2) is 4.79 Å². The second kappa shape index (κ2) is 5.12. The van der Waals surface area contributed by atoms with Crippen LogP contribution in [0.4, 0.5) is 0 Å². The van der Waals surface area contributed by atoms with E-state index in [0.29, 0.717) is 16.6 Å². The Morgan fingerprint density at radius 2 is 1.94 bits per heavy atom. The number of hydrogen-bond acceptors (Lipinski definition) is 2. The first-order valence-corrected chi connectivity index (χ1v) is 6.22. The standard InChI is InChI=1S/C13H12Cl2N2O/c1-8-5-9(2)17(13(18)16-8)7-10-3-4-11(14)6-12(10)15/h3-6H,7H2,1-2H3. The van der Waals surface area contributed by atoms with E-state index in [9.17, 15) is 4.79 Å². The van der Waals surface area contributed by atoms with Crippen LogP contribution in [0.15, 0.2) is 29.1 Å². The van der Waals surface area contributed by atoms with Gasteiger partial charge in [-0.05, 0) is 37.6 Å². The van der Waals surface area contributed by atoms with Crippen molar-refractivity contribution >= 4 is 23.2 Å². The van der Waals surface area contributed by atoms with E-state index in [4.69, 9.17) is 23.2 Å². The van der Waals surface area contributed by atoms with Crippen molar-refractivity contribution in [1.82, 2.24) is 9.55 Å². The molecule has 1 aromatic carbocycles. The highest BCUT2D eigenvalue weighted by Gasteiger charge is 2.07. The molecule has 0 aliphatic carbocycles. The maximum absolute atomic E-state index is 11.8. The van der Waals surface area contributed by atoms with Gasteiger partial charge in [0, 0.05) is 21.4 Å². The van der Waals surface area contributed by atoms with Gasteiger partial charge in [-0.2, -0.15) is 4.98 Å². The fourth-order valence-electron chi connectivity index (χ4n) is 1.79. The molecule has 0 unspecified atom stereocenters. The van der Waals surface area contributed by atoms with Crippen molar-refractivity contribution in [3.05, 3.63) is 61.7 Å². The molecule has 1 aromatic heterocycles. The number of hydrogen-bond donors (Lipinski definition) is 0. The van der Waals surface area contributed by atoms with Crippen LogP contribution in [0.2, 0.25) is 10.0 Å². The maximum atomic E-state index is 11.8. The molecule has 0 spiro atoms. The molecular formula is C13H12Cl2N2O. The van der Waals surface area contributed by atoms with Gasteiger partial charge in [-0.15, -0.1) is 0 Å². The summed E-state index contributed by atoms with van der Waals surface area (Å²) in [6.45, 7) is 4.07. The third-order valence-electron chi connectivity index (χ3n) is 2.69. The Morgan fingerprint density at radius 1 is 1.22 bits per heavy atom. The Morgan fingerprint density at radius 3 is 2.56 bits per heavy atom. The molecule has 94 valence electrons. The molecule has 0 aliphatic rings. The molecule has 0 radical (unpaired) electrons. The lowest BCUT2D eigenvalue weighted by Gasteiger charge is -2.11. The molecule has 0 saturated carbocycles. The van der Waals surface area contributed by atoms with Crippen LogP contribution >= 0.6 is 23.2 Å². The number of nitrogens with zero attached hydrogens (tertiary/aromatic N) is 2. The summed E-state index contributed by atoms with van der Waals surface area (Å²) < 4.78 is 1.59. The van der Waals surface area contributed by atoms with E-state index in [1.165, 1.54) is 0 Å². The molecule has 0 N–H and O–H groups in total. The van der Waals surface area contributed by atoms with E-state index in [2.05, 4.69) is 4.98 Å². The smallest absolute Gasteiger partial charge is 0.292 e. The lowest BCUT2D eigenvalue weighted by atomic mass is 10.2. The van der Waals surface area contributed by atoms with Gasteiger partial charge >= 0.3 is 5.69 Å². The van der Waals surface area contributed by atoms with Crippen LogP contribution in [-0.2, 0) is 6.54 Å². The topological polar surface area (TPSA) is 34.9 Å². The summed E-state index contributed by atoms with van der Waals surface area (Å²) in [5.41, 5.74) is 2.16. The van der Waals surface area contributed by atoms with E-state index in [0.717, 1.165) is 17.0 Å². The van der Waals surface area contributed by atoms with E-state index in [1.807, 2.05) is 19.1 Å². The molecule has 5 heteroatoms. The Hall–Kier alpha value is -1.32. The molecule has 1 heterocycles. The third-order valence-corrected chi connectivity index (χ3v) is 3.28. The minimum Gasteiger partial charge on any atom is -0.292 e. The van der Waals surface area contributed by atoms with Crippen LogP contribution in [0.25, 0.3) is 0 Å². The lowest BCUT2D eigenvalue weighted by Crippen LogP contribution is -2.26. The summed E-state index contributed by atoms with van der Waals surface area (Å²) in [6, 6.07) is 7.10. The van der Waals surface area contributed by atoms with Crippen LogP contribution in [0.1, 0.15) is 17.0 Å². The van der Waals surface area contributed by atoms with Gasteiger partial charge in [-0.3, -0.25) is 4.57 Å². The predicted molar refractivity (Wildman–Crippen MR) is 73.5 cm³/mol. The first-order chi connectivity index (χ1) is 8.47. The van der Waals surface area contributed by atoms with Crippen molar-refractivity contribution in [2.45, 2.75) is 20.4 Å². The van der Waals surface area contributed by atoms with Gasteiger partial charge in [0.25, 0.3) is 0 Å².